The van der Waals surface area contributed by atoms with Crippen LogP contribution in [-0.4, -0.2) is 37.0 Å². The second kappa shape index (κ2) is 8.09. The van der Waals surface area contributed by atoms with Gasteiger partial charge in [0.15, 0.2) is 0 Å². The number of anilines is 2. The van der Waals surface area contributed by atoms with E-state index in [0.29, 0.717) is 5.69 Å². The fourth-order valence-corrected chi connectivity index (χ4v) is 4.18. The van der Waals surface area contributed by atoms with Crippen LogP contribution in [0.2, 0.25) is 0 Å². The largest absolute Gasteiger partial charge is 0.371 e. The third-order valence-corrected chi connectivity index (χ3v) is 5.49. The van der Waals surface area contributed by atoms with Crippen molar-refractivity contribution < 1.29 is 9.18 Å². The number of hydrogen-bond donors (Lipinski definition) is 1. The molecule has 2 saturated heterocycles. The lowest BCUT2D eigenvalue weighted by molar-refractivity contribution is -0.121. The van der Waals surface area contributed by atoms with Gasteiger partial charge in [0, 0.05) is 24.5 Å². The lowest BCUT2D eigenvalue weighted by Gasteiger charge is -2.27. The molecular formula is C22H26FN3O. The number of benzene rings is 2. The lowest BCUT2D eigenvalue weighted by Crippen LogP contribution is -2.35. The zero-order valence-corrected chi connectivity index (χ0v) is 15.5. The first kappa shape index (κ1) is 18.0. The standard InChI is InChI=1S/C22H26FN3O/c23-18-14-19(16-20(15-18)25-10-4-5-11-25)24-22(27)21(26-12-6-7-13-26)17-8-2-1-3-9-17/h1-3,8-9,14-16,21H,4-7,10-13H2,(H,24,27). The Bertz CT molecular complexity index is 783. The molecule has 0 saturated carbocycles. The Hall–Kier alpha value is -2.40. The molecule has 27 heavy (non-hydrogen) atoms. The van der Waals surface area contributed by atoms with E-state index < -0.39 is 0 Å². The zero-order valence-electron chi connectivity index (χ0n) is 15.5. The monoisotopic (exact) mass is 367 g/mol. The highest BCUT2D eigenvalue weighted by Crippen LogP contribution is 2.29. The van der Waals surface area contributed by atoms with Crippen molar-refractivity contribution in [3.63, 3.8) is 0 Å². The molecule has 0 aromatic heterocycles. The number of rotatable bonds is 5. The van der Waals surface area contributed by atoms with Gasteiger partial charge < -0.3 is 10.2 Å². The van der Waals surface area contributed by atoms with Gasteiger partial charge in [0.1, 0.15) is 11.9 Å². The first-order valence-corrected chi connectivity index (χ1v) is 9.86. The Balaban J connectivity index is 1.57. The molecule has 0 aliphatic carbocycles. The minimum Gasteiger partial charge on any atom is -0.371 e. The van der Waals surface area contributed by atoms with Crippen molar-refractivity contribution in [3.05, 3.63) is 59.9 Å². The van der Waals surface area contributed by atoms with E-state index in [0.717, 1.165) is 63.1 Å². The van der Waals surface area contributed by atoms with Gasteiger partial charge in [-0.1, -0.05) is 30.3 Å². The van der Waals surface area contributed by atoms with Crippen LogP contribution in [0.15, 0.2) is 48.5 Å². The summed E-state index contributed by atoms with van der Waals surface area (Å²) in [4.78, 5) is 17.5. The molecule has 142 valence electrons. The fourth-order valence-electron chi connectivity index (χ4n) is 4.18. The summed E-state index contributed by atoms with van der Waals surface area (Å²) in [7, 11) is 0. The maximum atomic E-state index is 14.2. The minimum absolute atomic E-state index is 0.0962. The molecule has 0 radical (unpaired) electrons. The summed E-state index contributed by atoms with van der Waals surface area (Å²) in [6, 6.07) is 14.4. The topological polar surface area (TPSA) is 35.6 Å². The Morgan fingerprint density at radius 1 is 0.926 bits per heavy atom. The first-order valence-electron chi connectivity index (χ1n) is 9.86. The smallest absolute Gasteiger partial charge is 0.246 e. The van der Waals surface area contributed by atoms with Gasteiger partial charge in [-0.2, -0.15) is 0 Å². The average molecular weight is 367 g/mol. The molecule has 2 aromatic carbocycles. The summed E-state index contributed by atoms with van der Waals surface area (Å²) in [5, 5.41) is 2.97. The first-order chi connectivity index (χ1) is 13.2. The number of carbonyl (C=O) groups is 1. The maximum absolute atomic E-state index is 14.2. The quantitative estimate of drug-likeness (QED) is 0.860. The number of amides is 1. The number of hydrogen-bond acceptors (Lipinski definition) is 3. The number of carbonyl (C=O) groups excluding carboxylic acids is 1. The van der Waals surface area contributed by atoms with Gasteiger partial charge >= 0.3 is 0 Å². The minimum atomic E-state index is -0.341. The molecule has 0 spiro atoms. The number of nitrogens with zero attached hydrogens (tertiary/aromatic N) is 2. The van der Waals surface area contributed by atoms with Crippen molar-refractivity contribution in [1.29, 1.82) is 0 Å². The highest BCUT2D eigenvalue weighted by Gasteiger charge is 2.29. The molecule has 0 bridgehead atoms. The molecule has 1 atom stereocenters. The summed E-state index contributed by atoms with van der Waals surface area (Å²) in [6.07, 6.45) is 4.47. The van der Waals surface area contributed by atoms with Crippen LogP contribution >= 0.6 is 0 Å². The van der Waals surface area contributed by atoms with Crippen LogP contribution in [0.5, 0.6) is 0 Å². The molecule has 1 unspecified atom stereocenters. The second-order valence-electron chi connectivity index (χ2n) is 7.44. The Kier molecular flexibility index (Phi) is 5.39. The second-order valence-corrected chi connectivity index (χ2v) is 7.44. The molecule has 4 rings (SSSR count). The van der Waals surface area contributed by atoms with Crippen molar-refractivity contribution in [2.45, 2.75) is 31.7 Å². The highest BCUT2D eigenvalue weighted by molar-refractivity contribution is 5.96. The Morgan fingerprint density at radius 2 is 1.59 bits per heavy atom. The molecule has 2 aliphatic rings. The van der Waals surface area contributed by atoms with Gasteiger partial charge in [-0.3, -0.25) is 9.69 Å². The van der Waals surface area contributed by atoms with E-state index in [1.807, 2.05) is 36.4 Å². The van der Waals surface area contributed by atoms with E-state index in [2.05, 4.69) is 15.1 Å². The van der Waals surface area contributed by atoms with Crippen molar-refractivity contribution in [3.8, 4) is 0 Å². The summed E-state index contributed by atoms with van der Waals surface area (Å²) in [6.45, 7) is 3.71. The van der Waals surface area contributed by atoms with Gasteiger partial charge in [0.25, 0.3) is 0 Å². The van der Waals surface area contributed by atoms with Crippen molar-refractivity contribution >= 4 is 17.3 Å². The van der Waals surface area contributed by atoms with Gasteiger partial charge in [-0.15, -0.1) is 0 Å². The number of nitrogens with one attached hydrogen (secondary N) is 1. The third-order valence-electron chi connectivity index (χ3n) is 5.49. The number of likely N-dealkylation sites (tertiary alicyclic amines) is 1. The van der Waals surface area contributed by atoms with Crippen molar-refractivity contribution in [2.75, 3.05) is 36.4 Å². The van der Waals surface area contributed by atoms with Crippen LogP contribution in [0.25, 0.3) is 0 Å². The Morgan fingerprint density at radius 3 is 2.30 bits per heavy atom. The lowest BCUT2D eigenvalue weighted by atomic mass is 10.0. The van der Waals surface area contributed by atoms with E-state index in [1.165, 1.54) is 6.07 Å². The van der Waals surface area contributed by atoms with Crippen LogP contribution in [-0.2, 0) is 4.79 Å². The van der Waals surface area contributed by atoms with E-state index in [-0.39, 0.29) is 17.8 Å². The molecule has 2 heterocycles. The number of halogens is 1. The molecule has 2 fully saturated rings. The summed E-state index contributed by atoms with van der Waals surface area (Å²) >= 11 is 0. The Labute approximate surface area is 160 Å². The average Bonchev–Trinajstić information content (AvgIpc) is 3.37. The predicted octanol–water partition coefficient (Wildman–Crippen LogP) is 4.20. The van der Waals surface area contributed by atoms with Crippen LogP contribution in [0, 0.1) is 5.82 Å². The van der Waals surface area contributed by atoms with Gasteiger partial charge in [-0.25, -0.2) is 4.39 Å². The highest BCUT2D eigenvalue weighted by atomic mass is 19.1. The van der Waals surface area contributed by atoms with E-state index in [4.69, 9.17) is 0 Å². The van der Waals surface area contributed by atoms with Crippen LogP contribution in [0.4, 0.5) is 15.8 Å². The zero-order chi connectivity index (χ0) is 18.6. The van der Waals surface area contributed by atoms with Gasteiger partial charge in [-0.05, 0) is 62.5 Å². The van der Waals surface area contributed by atoms with Crippen LogP contribution in [0.3, 0.4) is 0 Å². The fraction of sp³-hybridized carbons (Fsp3) is 0.409. The van der Waals surface area contributed by atoms with Crippen LogP contribution in [0.1, 0.15) is 37.3 Å². The summed E-state index contributed by atoms with van der Waals surface area (Å²) in [5.41, 5.74) is 2.36. The van der Waals surface area contributed by atoms with E-state index >= 15 is 0 Å². The SMILES string of the molecule is O=C(Nc1cc(F)cc(N2CCCC2)c1)C(c1ccccc1)N1CCCC1. The molecular weight excluding hydrogens is 341 g/mol. The van der Waals surface area contributed by atoms with Crippen molar-refractivity contribution in [1.82, 2.24) is 4.90 Å². The van der Waals surface area contributed by atoms with Gasteiger partial charge in [0.05, 0.1) is 0 Å². The molecule has 5 heteroatoms. The third kappa shape index (κ3) is 4.14. The maximum Gasteiger partial charge on any atom is 0.246 e. The normalized spacial score (nSPS) is 18.6. The summed E-state index contributed by atoms with van der Waals surface area (Å²) in [5.74, 6) is -0.409. The van der Waals surface area contributed by atoms with E-state index in [1.54, 1.807) is 6.07 Å². The van der Waals surface area contributed by atoms with Crippen molar-refractivity contribution in [2.24, 2.45) is 0 Å². The van der Waals surface area contributed by atoms with Gasteiger partial charge in [0.2, 0.25) is 5.91 Å². The molecule has 1 amide bonds. The summed E-state index contributed by atoms with van der Waals surface area (Å²) < 4.78 is 14.2. The predicted molar refractivity (Wildman–Crippen MR) is 106 cm³/mol. The molecule has 2 aromatic rings. The van der Waals surface area contributed by atoms with E-state index in [9.17, 15) is 9.18 Å². The molecule has 2 aliphatic heterocycles. The molecule has 1 N–H and O–H groups in total. The molecule has 4 nitrogen and oxygen atoms in total. The van der Waals surface area contributed by atoms with Crippen LogP contribution < -0.4 is 10.2 Å².